The molecule has 68 valence electrons. The van der Waals surface area contributed by atoms with Gasteiger partial charge in [-0.05, 0) is 24.1 Å². The van der Waals surface area contributed by atoms with Crippen molar-refractivity contribution in [3.63, 3.8) is 0 Å². The van der Waals surface area contributed by atoms with Crippen LogP contribution in [0.4, 0.5) is 0 Å². The first kappa shape index (κ1) is 9.99. The molecule has 0 aromatic heterocycles. The van der Waals surface area contributed by atoms with Gasteiger partial charge < -0.3 is 5.11 Å². The maximum atomic E-state index is 10.4. The maximum Gasteiger partial charge on any atom is 0.328 e. The van der Waals surface area contributed by atoms with E-state index in [1.807, 2.05) is 24.3 Å². The lowest BCUT2D eigenvalue weighted by molar-refractivity contribution is -0.131. The molecule has 0 saturated heterocycles. The maximum absolute atomic E-state index is 10.4. The van der Waals surface area contributed by atoms with E-state index in [-0.39, 0.29) is 0 Å². The second-order valence-corrected chi connectivity index (χ2v) is 3.50. The summed E-state index contributed by atoms with van der Waals surface area (Å²) in [4.78, 5) is 10.4. The van der Waals surface area contributed by atoms with Gasteiger partial charge in [-0.1, -0.05) is 34.1 Å². The van der Waals surface area contributed by atoms with Gasteiger partial charge in [-0.25, -0.2) is 4.79 Å². The van der Waals surface area contributed by atoms with Crippen molar-refractivity contribution in [1.29, 1.82) is 0 Å². The monoisotopic (exact) mass is 240 g/mol. The number of carboxylic acids is 1. The highest BCUT2D eigenvalue weighted by atomic mass is 79.9. The number of hydrogen-bond acceptors (Lipinski definition) is 1. The minimum atomic E-state index is -0.923. The predicted molar refractivity (Wildman–Crippen MR) is 55.4 cm³/mol. The Labute approximate surface area is 85.0 Å². The number of hydrogen-bond donors (Lipinski definition) is 1. The minimum Gasteiger partial charge on any atom is -0.478 e. The molecule has 0 aliphatic carbocycles. The lowest BCUT2D eigenvalue weighted by atomic mass is 10.1. The van der Waals surface area contributed by atoms with Crippen molar-refractivity contribution in [3.8, 4) is 0 Å². The Kier molecular flexibility index (Phi) is 3.25. The SMILES string of the molecule is C/C(=C\C(=O)O)c1ccccc1Br. The lowest BCUT2D eigenvalue weighted by Gasteiger charge is -2.02. The van der Waals surface area contributed by atoms with Crippen molar-refractivity contribution in [2.24, 2.45) is 0 Å². The van der Waals surface area contributed by atoms with Gasteiger partial charge >= 0.3 is 5.97 Å². The zero-order chi connectivity index (χ0) is 9.84. The van der Waals surface area contributed by atoms with E-state index in [1.165, 1.54) is 6.08 Å². The van der Waals surface area contributed by atoms with Crippen LogP contribution in [-0.2, 0) is 4.79 Å². The van der Waals surface area contributed by atoms with E-state index in [1.54, 1.807) is 6.92 Å². The van der Waals surface area contributed by atoms with Crippen molar-refractivity contribution >= 4 is 27.5 Å². The highest BCUT2D eigenvalue weighted by molar-refractivity contribution is 9.10. The van der Waals surface area contributed by atoms with Crippen LogP contribution in [0.2, 0.25) is 0 Å². The average Bonchev–Trinajstić information content (AvgIpc) is 2.03. The van der Waals surface area contributed by atoms with E-state index in [0.29, 0.717) is 0 Å². The van der Waals surface area contributed by atoms with Crippen LogP contribution in [-0.4, -0.2) is 11.1 Å². The molecule has 0 aliphatic heterocycles. The third-order valence-electron chi connectivity index (χ3n) is 1.64. The molecule has 1 rings (SSSR count). The molecule has 2 nitrogen and oxygen atoms in total. The van der Waals surface area contributed by atoms with E-state index >= 15 is 0 Å². The number of carboxylic acid groups (broad SMARTS) is 1. The first-order valence-electron chi connectivity index (χ1n) is 3.77. The largest absolute Gasteiger partial charge is 0.478 e. The third kappa shape index (κ3) is 2.70. The van der Waals surface area contributed by atoms with Crippen LogP contribution >= 0.6 is 15.9 Å². The van der Waals surface area contributed by atoms with Crippen LogP contribution in [0.25, 0.3) is 5.57 Å². The second kappa shape index (κ2) is 4.23. The van der Waals surface area contributed by atoms with Crippen molar-refractivity contribution in [1.82, 2.24) is 0 Å². The molecular weight excluding hydrogens is 232 g/mol. The van der Waals surface area contributed by atoms with Gasteiger partial charge in [-0.2, -0.15) is 0 Å². The lowest BCUT2D eigenvalue weighted by Crippen LogP contribution is -1.90. The van der Waals surface area contributed by atoms with Crippen molar-refractivity contribution < 1.29 is 9.90 Å². The summed E-state index contributed by atoms with van der Waals surface area (Å²) >= 11 is 3.35. The average molecular weight is 241 g/mol. The van der Waals surface area contributed by atoms with Crippen LogP contribution in [0.3, 0.4) is 0 Å². The zero-order valence-electron chi connectivity index (χ0n) is 7.12. The number of halogens is 1. The second-order valence-electron chi connectivity index (χ2n) is 2.65. The number of carbonyl (C=O) groups is 1. The van der Waals surface area contributed by atoms with Crippen LogP contribution in [0, 0.1) is 0 Å². The quantitative estimate of drug-likeness (QED) is 0.808. The topological polar surface area (TPSA) is 37.3 Å². The minimum absolute atomic E-state index is 0.736. The standard InChI is InChI=1S/C10H9BrO2/c1-7(6-10(12)13)8-4-2-3-5-9(8)11/h2-6H,1H3,(H,12,13)/b7-6+. The molecule has 0 aliphatic rings. The molecule has 0 bridgehead atoms. The van der Waals surface area contributed by atoms with E-state index in [0.717, 1.165) is 15.6 Å². The Balaban J connectivity index is 3.08. The van der Waals surface area contributed by atoms with E-state index in [2.05, 4.69) is 15.9 Å². The fourth-order valence-electron chi connectivity index (χ4n) is 1.04. The van der Waals surface area contributed by atoms with Gasteiger partial charge in [0, 0.05) is 10.5 Å². The zero-order valence-corrected chi connectivity index (χ0v) is 8.71. The molecule has 0 atom stereocenters. The number of benzene rings is 1. The highest BCUT2D eigenvalue weighted by Gasteiger charge is 2.01. The van der Waals surface area contributed by atoms with Gasteiger partial charge in [-0.3, -0.25) is 0 Å². The molecule has 0 amide bonds. The van der Waals surface area contributed by atoms with Gasteiger partial charge in [0.1, 0.15) is 0 Å². The van der Waals surface area contributed by atoms with E-state index < -0.39 is 5.97 Å². The Morgan fingerprint density at radius 1 is 1.46 bits per heavy atom. The summed E-state index contributed by atoms with van der Waals surface area (Å²) in [6.45, 7) is 1.77. The summed E-state index contributed by atoms with van der Waals surface area (Å²) in [5.74, 6) is -0.923. The van der Waals surface area contributed by atoms with Crippen LogP contribution in [0.1, 0.15) is 12.5 Å². The Morgan fingerprint density at radius 3 is 2.62 bits per heavy atom. The van der Waals surface area contributed by atoms with Crippen LogP contribution in [0.15, 0.2) is 34.8 Å². The van der Waals surface area contributed by atoms with Crippen molar-refractivity contribution in [3.05, 3.63) is 40.4 Å². The first-order chi connectivity index (χ1) is 6.11. The van der Waals surface area contributed by atoms with Crippen molar-refractivity contribution in [2.45, 2.75) is 6.92 Å². The summed E-state index contributed by atoms with van der Waals surface area (Å²) < 4.78 is 0.907. The Bertz CT molecular complexity index is 356. The van der Waals surface area contributed by atoms with Gasteiger partial charge in [0.15, 0.2) is 0 Å². The van der Waals surface area contributed by atoms with Gasteiger partial charge in [0.05, 0.1) is 0 Å². The number of rotatable bonds is 2. The molecule has 0 fully saturated rings. The molecular formula is C10H9BrO2. The molecule has 3 heteroatoms. The molecule has 0 saturated carbocycles. The Morgan fingerprint density at radius 2 is 2.08 bits per heavy atom. The molecule has 0 heterocycles. The molecule has 0 spiro atoms. The van der Waals surface area contributed by atoms with Crippen molar-refractivity contribution in [2.75, 3.05) is 0 Å². The summed E-state index contributed by atoms with van der Waals surface area (Å²) in [7, 11) is 0. The Hall–Kier alpha value is -1.09. The van der Waals surface area contributed by atoms with Crippen LogP contribution < -0.4 is 0 Å². The van der Waals surface area contributed by atoms with Crippen LogP contribution in [0.5, 0.6) is 0 Å². The molecule has 0 radical (unpaired) electrons. The smallest absolute Gasteiger partial charge is 0.328 e. The molecule has 1 aromatic carbocycles. The van der Waals surface area contributed by atoms with Gasteiger partial charge in [0.25, 0.3) is 0 Å². The summed E-state index contributed by atoms with van der Waals surface area (Å²) in [6, 6.07) is 7.52. The van der Waals surface area contributed by atoms with Gasteiger partial charge in [0.2, 0.25) is 0 Å². The third-order valence-corrected chi connectivity index (χ3v) is 2.33. The van der Waals surface area contributed by atoms with E-state index in [9.17, 15) is 4.79 Å². The molecule has 0 unspecified atom stereocenters. The molecule has 13 heavy (non-hydrogen) atoms. The normalized spacial score (nSPS) is 11.4. The summed E-state index contributed by atoms with van der Waals surface area (Å²) in [5, 5.41) is 8.54. The fraction of sp³-hybridized carbons (Fsp3) is 0.100. The molecule has 1 N–H and O–H groups in total. The number of allylic oxidation sites excluding steroid dienone is 1. The first-order valence-corrected chi connectivity index (χ1v) is 4.56. The number of aliphatic carboxylic acids is 1. The molecule has 1 aromatic rings. The highest BCUT2D eigenvalue weighted by Crippen LogP contribution is 2.23. The summed E-state index contributed by atoms with van der Waals surface area (Å²) in [5.41, 5.74) is 1.64. The fourth-order valence-corrected chi connectivity index (χ4v) is 1.64. The van der Waals surface area contributed by atoms with E-state index in [4.69, 9.17) is 5.11 Å². The van der Waals surface area contributed by atoms with Gasteiger partial charge in [-0.15, -0.1) is 0 Å². The summed E-state index contributed by atoms with van der Waals surface area (Å²) in [6.07, 6.45) is 1.19. The predicted octanol–water partition coefficient (Wildman–Crippen LogP) is 2.94.